The molecule has 12 heteroatoms. The number of ether oxygens (including phenoxy) is 3. The fourth-order valence-corrected chi connectivity index (χ4v) is 4.48. The molecule has 262 valence electrons. The first-order chi connectivity index (χ1) is 23.9. The highest BCUT2D eigenvalue weighted by atomic mass is 16.6. The maximum Gasteiger partial charge on any atom is 0.292 e. The highest BCUT2D eigenvalue weighted by molar-refractivity contribution is 6.42. The molecule has 3 aliphatic heterocycles. The summed E-state index contributed by atoms with van der Waals surface area (Å²) in [6.07, 6.45) is 5.43. The molecule has 1 aromatic heterocycles. The van der Waals surface area contributed by atoms with Gasteiger partial charge >= 0.3 is 0 Å². The van der Waals surface area contributed by atoms with Crippen molar-refractivity contribution in [2.45, 2.75) is 34.1 Å². The molecule has 0 saturated heterocycles. The zero-order valence-electron chi connectivity index (χ0n) is 27.7. The first-order valence-corrected chi connectivity index (χ1v) is 15.4. The lowest BCUT2D eigenvalue weighted by atomic mass is 10.0. The highest BCUT2D eigenvalue weighted by Crippen LogP contribution is 2.33. The number of Topliss-reactive ketones (excluding diaryl/α,β-unsaturated/α-hetero) is 2. The molecule has 0 bridgehead atoms. The maximum atomic E-state index is 11.8. The summed E-state index contributed by atoms with van der Waals surface area (Å²) < 4.78 is 16.4. The van der Waals surface area contributed by atoms with E-state index in [4.69, 9.17) is 19.0 Å². The second-order valence-electron chi connectivity index (χ2n) is 9.91. The van der Waals surface area contributed by atoms with Gasteiger partial charge in [-0.05, 0) is 71.8 Å². The van der Waals surface area contributed by atoms with E-state index in [-0.39, 0.29) is 26.1 Å². The number of benzene rings is 3. The normalized spacial score (nSPS) is 13.1. The van der Waals surface area contributed by atoms with E-state index in [0.717, 1.165) is 28.4 Å². The average molecular weight is 682 g/mol. The first-order valence-electron chi connectivity index (χ1n) is 15.4. The van der Waals surface area contributed by atoms with E-state index in [2.05, 4.69) is 32.5 Å². The number of nitrogens with zero attached hydrogens (tertiary/aromatic N) is 2. The monoisotopic (exact) mass is 681 g/mol. The van der Waals surface area contributed by atoms with E-state index in [1.54, 1.807) is 56.1 Å². The lowest BCUT2D eigenvalue weighted by Gasteiger charge is -2.20. The Labute approximate surface area is 292 Å². The minimum absolute atomic E-state index is 0. The molecule has 4 aromatic rings. The van der Waals surface area contributed by atoms with Crippen LogP contribution in [-0.4, -0.2) is 55.8 Å². The van der Waals surface area contributed by atoms with Gasteiger partial charge in [0.05, 0.1) is 23.9 Å². The predicted molar refractivity (Wildman–Crippen MR) is 197 cm³/mol. The fraction of sp³-hybridized carbons (Fsp3) is 0.211. The van der Waals surface area contributed by atoms with Gasteiger partial charge in [-0.2, -0.15) is 0 Å². The number of rotatable bonds is 4. The first kappa shape index (κ1) is 39.9. The van der Waals surface area contributed by atoms with Crippen LogP contribution >= 0.6 is 0 Å². The molecule has 4 heterocycles. The zero-order valence-corrected chi connectivity index (χ0v) is 27.7. The van der Waals surface area contributed by atoms with E-state index in [1.807, 2.05) is 63.1 Å². The predicted octanol–water partition coefficient (Wildman–Crippen LogP) is 6.68. The Hall–Kier alpha value is -6.30. The van der Waals surface area contributed by atoms with Crippen molar-refractivity contribution in [3.63, 3.8) is 0 Å². The number of aromatic nitrogens is 1. The Morgan fingerprint density at radius 2 is 1.38 bits per heavy atom. The van der Waals surface area contributed by atoms with Gasteiger partial charge in [-0.25, -0.2) is 0 Å². The number of allylic oxidation sites excluding steroid dienone is 1. The average Bonchev–Trinajstić information content (AvgIpc) is 3.15. The van der Waals surface area contributed by atoms with Gasteiger partial charge in [0.1, 0.15) is 31.5 Å². The largest absolute Gasteiger partial charge is 0.486 e. The second kappa shape index (κ2) is 20.8. The number of hydrogen-bond donors (Lipinski definition) is 3. The number of aliphatic imine (C=N–C) groups is 1. The Kier molecular flexibility index (Phi) is 16.6. The van der Waals surface area contributed by atoms with E-state index in [1.165, 1.54) is 0 Å². The van der Waals surface area contributed by atoms with Crippen molar-refractivity contribution in [1.29, 1.82) is 0 Å². The van der Waals surface area contributed by atoms with Gasteiger partial charge < -0.3 is 35.0 Å². The molecule has 3 aliphatic rings. The third-order valence-corrected chi connectivity index (χ3v) is 6.68. The molecular formula is C38H43N5O7. The summed E-state index contributed by atoms with van der Waals surface area (Å²) in [5.41, 5.74) is 4.37. The number of pyridine rings is 1. The summed E-state index contributed by atoms with van der Waals surface area (Å²) in [5, 5.41) is 8.47. The van der Waals surface area contributed by atoms with Crippen LogP contribution in [0.5, 0.6) is 23.0 Å². The minimum Gasteiger partial charge on any atom is -0.486 e. The number of carbonyl (C=O) groups excluding carboxylic acids is 4. The summed E-state index contributed by atoms with van der Waals surface area (Å²) >= 11 is 0. The summed E-state index contributed by atoms with van der Waals surface area (Å²) in [7, 11) is 1.71. The number of hydrogen-bond acceptors (Lipinski definition) is 10. The topological polar surface area (TPSA) is 157 Å². The molecule has 0 radical (unpaired) electrons. The molecule has 0 spiro atoms. The van der Waals surface area contributed by atoms with Crippen LogP contribution < -0.4 is 30.2 Å². The van der Waals surface area contributed by atoms with Crippen LogP contribution in [0.25, 0.3) is 0 Å². The Morgan fingerprint density at radius 1 is 0.820 bits per heavy atom. The molecular weight excluding hydrogens is 638 g/mol. The molecule has 50 heavy (non-hydrogen) atoms. The maximum absolute atomic E-state index is 11.8. The second-order valence-corrected chi connectivity index (χ2v) is 9.91. The molecule has 0 aliphatic carbocycles. The van der Waals surface area contributed by atoms with E-state index >= 15 is 0 Å². The van der Waals surface area contributed by atoms with Crippen molar-refractivity contribution < 1.29 is 33.4 Å². The van der Waals surface area contributed by atoms with Crippen LogP contribution in [0, 0.1) is 0 Å². The van der Waals surface area contributed by atoms with Crippen LogP contribution in [0.2, 0.25) is 0 Å². The van der Waals surface area contributed by atoms with Gasteiger partial charge in [-0.3, -0.25) is 24.4 Å². The van der Waals surface area contributed by atoms with Crippen molar-refractivity contribution in [1.82, 2.24) is 4.98 Å². The van der Waals surface area contributed by atoms with Crippen LogP contribution in [0.1, 0.15) is 32.4 Å². The number of amides is 1. The van der Waals surface area contributed by atoms with E-state index in [0.29, 0.717) is 41.7 Å². The Balaban J connectivity index is 0.000000287. The van der Waals surface area contributed by atoms with Crippen molar-refractivity contribution in [2.24, 2.45) is 4.99 Å². The van der Waals surface area contributed by atoms with E-state index in [9.17, 15) is 14.4 Å². The summed E-state index contributed by atoms with van der Waals surface area (Å²) in [6.45, 7) is 11.0. The van der Waals surface area contributed by atoms with E-state index < -0.39 is 11.7 Å². The van der Waals surface area contributed by atoms with Crippen LogP contribution in [0.4, 0.5) is 17.1 Å². The smallest absolute Gasteiger partial charge is 0.292 e. The van der Waals surface area contributed by atoms with Crippen LogP contribution in [-0.2, 0) is 32.0 Å². The van der Waals surface area contributed by atoms with Crippen molar-refractivity contribution in [2.75, 3.05) is 36.2 Å². The zero-order chi connectivity index (χ0) is 35.6. The minimum atomic E-state index is -0.588. The molecule has 0 fully saturated rings. The summed E-state index contributed by atoms with van der Waals surface area (Å²) in [6, 6.07) is 22.1. The van der Waals surface area contributed by atoms with Gasteiger partial charge in [0.25, 0.3) is 5.91 Å². The highest BCUT2D eigenvalue weighted by Gasteiger charge is 2.24. The van der Waals surface area contributed by atoms with Crippen LogP contribution in [0.15, 0.2) is 102 Å². The molecule has 3 aromatic carbocycles. The molecule has 1 amide bonds. The third-order valence-electron chi connectivity index (χ3n) is 6.68. The SMILES string of the molecule is C.C=C1Nc2ccc(Oc3ccc4c(c3)CC(=O)C(=O)N4)cc2CC1=O.C=O.CC.CN=CNc1cccnc1.c1ccc2c(c1)OCCO2. The number of para-hydroxylation sites is 2. The Bertz CT molecular complexity index is 1670. The van der Waals surface area contributed by atoms with Crippen LogP contribution in [0.3, 0.4) is 0 Å². The lowest BCUT2D eigenvalue weighted by Crippen LogP contribution is -2.29. The number of ketones is 2. The van der Waals surface area contributed by atoms with Gasteiger partial charge in [0.15, 0.2) is 17.3 Å². The molecule has 0 unspecified atom stereocenters. The molecule has 0 saturated carbocycles. The fourth-order valence-electron chi connectivity index (χ4n) is 4.48. The standard InChI is InChI=1S/C19H14N2O4.C8H8O2.C7H9N3.C2H6.CH2O.CH4/c1-10-17(22)8-11-6-13(2-4-15(11)20-10)25-14-3-5-16-12(7-14)9-18(23)19(24)21-16;1-2-4-8-7(3-1)9-5-6-10-8;1-8-6-10-7-3-2-4-9-5-7;2*1-2;/h2-7,20H,1,8-9H2,(H,21,24);1-4H,5-6H2;2-6H,1H3,(H,8,10);1-2H3;1H2;1H4. The Morgan fingerprint density at radius 3 is 1.92 bits per heavy atom. The van der Waals surface area contributed by atoms with Crippen molar-refractivity contribution in [3.8, 4) is 23.0 Å². The number of fused-ring (bicyclic) bond motifs is 3. The summed E-state index contributed by atoms with van der Waals surface area (Å²) in [4.78, 5) is 50.4. The van der Waals surface area contributed by atoms with Gasteiger partial charge in [-0.15, -0.1) is 0 Å². The lowest BCUT2D eigenvalue weighted by molar-refractivity contribution is -0.134. The van der Waals surface area contributed by atoms with Crippen molar-refractivity contribution >= 4 is 47.7 Å². The van der Waals surface area contributed by atoms with Gasteiger partial charge in [-0.1, -0.05) is 40.0 Å². The number of nitrogens with one attached hydrogen (secondary N) is 3. The quantitative estimate of drug-likeness (QED) is 0.0919. The van der Waals surface area contributed by atoms with Crippen molar-refractivity contribution in [3.05, 3.63) is 109 Å². The molecule has 0 atom stereocenters. The number of carbonyl (C=O) groups is 4. The van der Waals surface area contributed by atoms with Gasteiger partial charge in [0, 0.05) is 37.5 Å². The summed E-state index contributed by atoms with van der Waals surface area (Å²) in [5.74, 6) is 1.75. The molecule has 12 nitrogen and oxygen atoms in total. The molecule has 7 rings (SSSR count). The number of anilines is 3. The molecule has 3 N–H and O–H groups in total. The van der Waals surface area contributed by atoms with Gasteiger partial charge in [0.2, 0.25) is 5.78 Å². The third kappa shape index (κ3) is 11.4.